The standard InChI is InChI=1S/C22H16BrN5O2S/c1-12-25-26-22-28(12)27-21(31-22)14-7-5-8-15(10-14)24-20(29)17-11-13-6-3-4-9-16(13)18(23)19(17)30-2/h3-11H,1-2H3,(H,24,29). The largest absolute Gasteiger partial charge is 0.495 e. The molecular formula is C22H16BrN5O2S. The number of aryl methyl sites for hydroxylation is 1. The average molecular weight is 494 g/mol. The zero-order valence-corrected chi connectivity index (χ0v) is 19.0. The lowest BCUT2D eigenvalue weighted by Crippen LogP contribution is -2.13. The van der Waals surface area contributed by atoms with Gasteiger partial charge in [0.25, 0.3) is 5.91 Å². The molecule has 2 aromatic heterocycles. The Kier molecular flexibility index (Phi) is 4.91. The summed E-state index contributed by atoms with van der Waals surface area (Å²) in [5, 5.41) is 18.4. The Bertz CT molecular complexity index is 1460. The number of methoxy groups -OCH3 is 1. The van der Waals surface area contributed by atoms with Crippen molar-refractivity contribution in [3.63, 3.8) is 0 Å². The summed E-state index contributed by atoms with van der Waals surface area (Å²) in [6.07, 6.45) is 0. The molecule has 5 aromatic rings. The fourth-order valence-corrected chi connectivity index (χ4v) is 5.03. The first kappa shape index (κ1) is 19.7. The number of hydrogen-bond acceptors (Lipinski definition) is 6. The summed E-state index contributed by atoms with van der Waals surface area (Å²) >= 11 is 5.03. The maximum atomic E-state index is 13.1. The highest BCUT2D eigenvalue weighted by Crippen LogP contribution is 2.37. The molecule has 1 amide bonds. The third kappa shape index (κ3) is 3.45. The van der Waals surface area contributed by atoms with Crippen LogP contribution in [0, 0.1) is 6.92 Å². The van der Waals surface area contributed by atoms with Gasteiger partial charge in [0.2, 0.25) is 4.96 Å². The van der Waals surface area contributed by atoms with E-state index >= 15 is 0 Å². The molecule has 0 atom stereocenters. The molecule has 31 heavy (non-hydrogen) atoms. The van der Waals surface area contributed by atoms with Gasteiger partial charge in [-0.3, -0.25) is 4.79 Å². The van der Waals surface area contributed by atoms with Crippen molar-refractivity contribution in [1.29, 1.82) is 0 Å². The van der Waals surface area contributed by atoms with E-state index in [9.17, 15) is 4.79 Å². The Balaban J connectivity index is 1.49. The van der Waals surface area contributed by atoms with Crippen molar-refractivity contribution in [2.24, 2.45) is 0 Å². The lowest BCUT2D eigenvalue weighted by molar-refractivity contribution is 0.102. The van der Waals surface area contributed by atoms with Gasteiger partial charge in [0.05, 0.1) is 17.1 Å². The van der Waals surface area contributed by atoms with Crippen molar-refractivity contribution in [1.82, 2.24) is 19.8 Å². The van der Waals surface area contributed by atoms with Gasteiger partial charge in [-0.15, -0.1) is 10.2 Å². The van der Waals surface area contributed by atoms with Gasteiger partial charge >= 0.3 is 0 Å². The summed E-state index contributed by atoms with van der Waals surface area (Å²) < 4.78 is 8.00. The van der Waals surface area contributed by atoms with Crippen LogP contribution in [0.3, 0.4) is 0 Å². The molecule has 2 heterocycles. The first-order chi connectivity index (χ1) is 15.0. The molecular weight excluding hydrogens is 478 g/mol. The van der Waals surface area contributed by atoms with Gasteiger partial charge in [-0.1, -0.05) is 47.7 Å². The summed E-state index contributed by atoms with van der Waals surface area (Å²) in [5.41, 5.74) is 2.00. The quantitative estimate of drug-likeness (QED) is 0.365. The highest BCUT2D eigenvalue weighted by atomic mass is 79.9. The average Bonchev–Trinajstić information content (AvgIpc) is 3.36. The van der Waals surface area contributed by atoms with Crippen molar-refractivity contribution in [3.8, 4) is 16.3 Å². The number of carbonyl (C=O) groups excluding carboxylic acids is 1. The van der Waals surface area contributed by atoms with E-state index < -0.39 is 0 Å². The number of nitrogens with one attached hydrogen (secondary N) is 1. The first-order valence-corrected chi connectivity index (χ1v) is 11.0. The number of anilines is 1. The number of fused-ring (bicyclic) bond motifs is 2. The topological polar surface area (TPSA) is 81.4 Å². The van der Waals surface area contributed by atoms with Crippen LogP contribution in [0.25, 0.3) is 26.3 Å². The fourth-order valence-electron chi connectivity index (χ4n) is 3.41. The molecule has 0 radical (unpaired) electrons. The molecule has 0 aliphatic rings. The zero-order chi connectivity index (χ0) is 21.5. The molecule has 1 N–H and O–H groups in total. The number of ether oxygens (including phenoxy) is 1. The van der Waals surface area contributed by atoms with Gasteiger partial charge in [0.1, 0.15) is 10.8 Å². The van der Waals surface area contributed by atoms with Crippen molar-refractivity contribution >= 4 is 54.6 Å². The minimum atomic E-state index is -0.255. The minimum Gasteiger partial charge on any atom is -0.495 e. The monoisotopic (exact) mass is 493 g/mol. The molecule has 0 saturated heterocycles. The number of halogens is 1. The maximum absolute atomic E-state index is 13.1. The van der Waals surface area contributed by atoms with Crippen LogP contribution in [0.5, 0.6) is 5.75 Å². The smallest absolute Gasteiger partial charge is 0.259 e. The summed E-state index contributed by atoms with van der Waals surface area (Å²) in [6, 6.07) is 17.2. The summed E-state index contributed by atoms with van der Waals surface area (Å²) in [4.78, 5) is 13.9. The molecule has 0 saturated carbocycles. The Morgan fingerprint density at radius 1 is 1.13 bits per heavy atom. The van der Waals surface area contributed by atoms with Crippen molar-refractivity contribution in [2.75, 3.05) is 12.4 Å². The van der Waals surface area contributed by atoms with E-state index in [-0.39, 0.29) is 5.91 Å². The Morgan fingerprint density at radius 3 is 2.77 bits per heavy atom. The number of nitrogens with zero attached hydrogens (tertiary/aromatic N) is 4. The van der Waals surface area contributed by atoms with E-state index in [0.717, 1.165) is 36.6 Å². The number of aromatic nitrogens is 4. The molecule has 0 bridgehead atoms. The van der Waals surface area contributed by atoms with E-state index in [2.05, 4.69) is 36.5 Å². The van der Waals surface area contributed by atoms with Crippen LogP contribution in [0.1, 0.15) is 16.2 Å². The summed E-state index contributed by atoms with van der Waals surface area (Å²) in [6.45, 7) is 1.86. The highest BCUT2D eigenvalue weighted by Gasteiger charge is 2.19. The van der Waals surface area contributed by atoms with Gasteiger partial charge < -0.3 is 10.1 Å². The number of hydrogen-bond donors (Lipinski definition) is 1. The highest BCUT2D eigenvalue weighted by molar-refractivity contribution is 9.10. The first-order valence-electron chi connectivity index (χ1n) is 9.41. The second kappa shape index (κ2) is 7.75. The van der Waals surface area contributed by atoms with Crippen molar-refractivity contribution in [3.05, 3.63) is 70.5 Å². The molecule has 7 nitrogen and oxygen atoms in total. The van der Waals surface area contributed by atoms with E-state index in [4.69, 9.17) is 4.74 Å². The molecule has 5 rings (SSSR count). The predicted molar refractivity (Wildman–Crippen MR) is 125 cm³/mol. The second-order valence-electron chi connectivity index (χ2n) is 6.88. The van der Waals surface area contributed by atoms with E-state index in [1.165, 1.54) is 11.3 Å². The normalized spacial score (nSPS) is 11.2. The van der Waals surface area contributed by atoms with Gasteiger partial charge in [-0.25, -0.2) is 0 Å². The third-order valence-electron chi connectivity index (χ3n) is 4.90. The third-order valence-corrected chi connectivity index (χ3v) is 6.64. The number of benzene rings is 3. The Morgan fingerprint density at radius 2 is 1.97 bits per heavy atom. The predicted octanol–water partition coefficient (Wildman–Crippen LogP) is 5.34. The lowest BCUT2D eigenvalue weighted by atomic mass is 10.0. The van der Waals surface area contributed by atoms with Crippen LogP contribution in [-0.4, -0.2) is 32.8 Å². The van der Waals surface area contributed by atoms with Crippen LogP contribution in [0.2, 0.25) is 0 Å². The SMILES string of the molecule is COc1c(C(=O)Nc2cccc(-c3nn4c(C)nnc4s3)c2)cc2ccccc2c1Br. The maximum Gasteiger partial charge on any atom is 0.259 e. The van der Waals surface area contributed by atoms with Crippen molar-refractivity contribution < 1.29 is 9.53 Å². The van der Waals surface area contributed by atoms with E-state index in [1.54, 1.807) is 11.6 Å². The summed E-state index contributed by atoms with van der Waals surface area (Å²) in [7, 11) is 1.56. The van der Waals surface area contributed by atoms with Crippen LogP contribution in [-0.2, 0) is 0 Å². The molecule has 9 heteroatoms. The van der Waals surface area contributed by atoms with Gasteiger partial charge in [-0.05, 0) is 51.8 Å². The molecule has 0 aliphatic heterocycles. The molecule has 3 aromatic carbocycles. The molecule has 0 fully saturated rings. The van der Waals surface area contributed by atoms with Crippen LogP contribution < -0.4 is 10.1 Å². The lowest BCUT2D eigenvalue weighted by Gasteiger charge is -2.14. The second-order valence-corrected chi connectivity index (χ2v) is 8.63. The molecule has 0 aliphatic carbocycles. The van der Waals surface area contributed by atoms with Gasteiger partial charge in [0, 0.05) is 11.3 Å². The fraction of sp³-hybridized carbons (Fsp3) is 0.0909. The zero-order valence-electron chi connectivity index (χ0n) is 16.6. The van der Waals surface area contributed by atoms with Crippen molar-refractivity contribution in [2.45, 2.75) is 6.92 Å². The van der Waals surface area contributed by atoms with Gasteiger partial charge in [0.15, 0.2) is 5.82 Å². The summed E-state index contributed by atoms with van der Waals surface area (Å²) in [5.74, 6) is 0.974. The molecule has 154 valence electrons. The molecule has 0 spiro atoms. The van der Waals surface area contributed by atoms with E-state index in [0.29, 0.717) is 17.0 Å². The number of rotatable bonds is 4. The van der Waals surface area contributed by atoms with Crippen LogP contribution in [0.15, 0.2) is 59.1 Å². The number of carbonyl (C=O) groups is 1. The Labute approximate surface area is 189 Å². The number of amides is 1. The molecule has 0 unspecified atom stereocenters. The van der Waals surface area contributed by atoms with Crippen LogP contribution >= 0.6 is 27.3 Å². The minimum absolute atomic E-state index is 0.255. The Hall–Kier alpha value is -3.30. The van der Waals surface area contributed by atoms with E-state index in [1.807, 2.05) is 61.5 Å². The van der Waals surface area contributed by atoms with Gasteiger partial charge in [-0.2, -0.15) is 9.61 Å². The van der Waals surface area contributed by atoms with Crippen LogP contribution in [0.4, 0.5) is 5.69 Å².